The number of carbonyl (C=O) groups is 2. The lowest BCUT2D eigenvalue weighted by atomic mass is 10.2. The highest BCUT2D eigenvalue weighted by Crippen LogP contribution is 2.10. The number of thiophene rings is 1. The highest BCUT2D eigenvalue weighted by atomic mass is 32.1. The number of carbonyl (C=O) groups excluding carboxylic acids is 1. The van der Waals surface area contributed by atoms with Crippen LogP contribution in [-0.2, 0) is 20.7 Å². The molecule has 6 heteroatoms. The highest BCUT2D eigenvalue weighted by molar-refractivity contribution is 7.09. The first-order valence-electron chi connectivity index (χ1n) is 5.19. The molecule has 0 spiro atoms. The number of ether oxygens (including phenoxy) is 1. The van der Waals surface area contributed by atoms with Gasteiger partial charge in [0, 0.05) is 17.3 Å². The van der Waals surface area contributed by atoms with Gasteiger partial charge in [-0.15, -0.1) is 11.3 Å². The number of nitrogens with one attached hydrogen (secondary N) is 1. The lowest BCUT2D eigenvalue weighted by Gasteiger charge is -2.12. The summed E-state index contributed by atoms with van der Waals surface area (Å²) < 4.78 is 4.68. The van der Waals surface area contributed by atoms with Crippen molar-refractivity contribution >= 4 is 23.2 Å². The molecule has 17 heavy (non-hydrogen) atoms. The number of rotatable bonds is 7. The van der Waals surface area contributed by atoms with Gasteiger partial charge in [-0.3, -0.25) is 4.79 Å². The predicted octanol–water partition coefficient (Wildman–Crippen LogP) is 0.896. The summed E-state index contributed by atoms with van der Waals surface area (Å²) in [4.78, 5) is 22.7. The third kappa shape index (κ3) is 6.03. The highest BCUT2D eigenvalue weighted by Gasteiger charge is 2.09. The molecule has 0 fully saturated rings. The van der Waals surface area contributed by atoms with Crippen molar-refractivity contribution in [3.05, 3.63) is 22.4 Å². The van der Waals surface area contributed by atoms with Gasteiger partial charge in [-0.1, -0.05) is 6.07 Å². The van der Waals surface area contributed by atoms with Crippen molar-refractivity contribution < 1.29 is 19.4 Å². The van der Waals surface area contributed by atoms with Gasteiger partial charge in [0.2, 0.25) is 5.91 Å². The molecule has 1 atom stereocenters. The first-order valence-corrected chi connectivity index (χ1v) is 6.07. The van der Waals surface area contributed by atoms with E-state index in [0.717, 1.165) is 6.42 Å². The van der Waals surface area contributed by atoms with Gasteiger partial charge in [0.15, 0.2) is 0 Å². The number of aliphatic carboxylic acids is 1. The molecule has 0 aromatic carbocycles. The Balaban J connectivity index is 2.19. The van der Waals surface area contributed by atoms with E-state index in [1.807, 2.05) is 24.4 Å². The number of amides is 1. The zero-order chi connectivity index (χ0) is 12.7. The van der Waals surface area contributed by atoms with Crippen LogP contribution < -0.4 is 5.32 Å². The fourth-order valence-electron chi connectivity index (χ4n) is 1.33. The SMILES string of the molecule is CC(Cc1cccs1)NC(=O)COCC(=O)O. The predicted molar refractivity (Wildman–Crippen MR) is 64.1 cm³/mol. The van der Waals surface area contributed by atoms with Crippen LogP contribution in [0.15, 0.2) is 17.5 Å². The maximum atomic E-state index is 11.3. The van der Waals surface area contributed by atoms with E-state index in [2.05, 4.69) is 10.1 Å². The molecule has 0 aliphatic rings. The molecule has 0 aliphatic heterocycles. The molecule has 1 amide bonds. The van der Waals surface area contributed by atoms with E-state index < -0.39 is 12.6 Å². The molecule has 1 aromatic rings. The van der Waals surface area contributed by atoms with Gasteiger partial charge in [0.05, 0.1) is 0 Å². The second kappa shape index (κ2) is 7.03. The molecule has 1 aromatic heterocycles. The van der Waals surface area contributed by atoms with Crippen LogP contribution >= 0.6 is 11.3 Å². The monoisotopic (exact) mass is 257 g/mol. The first-order chi connectivity index (χ1) is 8.08. The minimum absolute atomic E-state index is 0.00887. The molecule has 94 valence electrons. The largest absolute Gasteiger partial charge is 0.480 e. The first kappa shape index (κ1) is 13.7. The lowest BCUT2D eigenvalue weighted by molar-refractivity contribution is -0.143. The second-order valence-electron chi connectivity index (χ2n) is 3.64. The van der Waals surface area contributed by atoms with Crippen LogP contribution in [0.5, 0.6) is 0 Å². The van der Waals surface area contributed by atoms with Crippen molar-refractivity contribution in [1.29, 1.82) is 0 Å². The van der Waals surface area contributed by atoms with E-state index in [0.29, 0.717) is 0 Å². The molecular formula is C11H15NO4S. The maximum absolute atomic E-state index is 11.3. The van der Waals surface area contributed by atoms with Crippen molar-refractivity contribution in [3.8, 4) is 0 Å². The smallest absolute Gasteiger partial charge is 0.329 e. The Labute approximate surface area is 103 Å². The van der Waals surface area contributed by atoms with Crippen LogP contribution in [0.25, 0.3) is 0 Å². The standard InChI is InChI=1S/C11H15NO4S/c1-8(5-9-3-2-4-17-9)12-10(13)6-16-7-11(14)15/h2-4,8H,5-7H2,1H3,(H,12,13)(H,14,15). The van der Waals surface area contributed by atoms with Crippen LogP contribution in [0.1, 0.15) is 11.8 Å². The summed E-state index contributed by atoms with van der Waals surface area (Å²) in [5.41, 5.74) is 0. The van der Waals surface area contributed by atoms with Crippen molar-refractivity contribution in [2.75, 3.05) is 13.2 Å². The zero-order valence-corrected chi connectivity index (χ0v) is 10.3. The molecule has 2 N–H and O–H groups in total. The van der Waals surface area contributed by atoms with E-state index in [9.17, 15) is 9.59 Å². The summed E-state index contributed by atoms with van der Waals surface area (Å²) in [6.07, 6.45) is 0.766. The Morgan fingerprint density at radius 2 is 2.29 bits per heavy atom. The molecule has 0 radical (unpaired) electrons. The van der Waals surface area contributed by atoms with E-state index in [4.69, 9.17) is 5.11 Å². The van der Waals surface area contributed by atoms with E-state index in [-0.39, 0.29) is 18.6 Å². The summed E-state index contributed by atoms with van der Waals surface area (Å²) >= 11 is 1.64. The van der Waals surface area contributed by atoms with E-state index in [1.165, 1.54) is 4.88 Å². The van der Waals surface area contributed by atoms with Gasteiger partial charge in [0.1, 0.15) is 13.2 Å². The zero-order valence-electron chi connectivity index (χ0n) is 9.51. The van der Waals surface area contributed by atoms with Gasteiger partial charge in [0.25, 0.3) is 0 Å². The normalized spacial score (nSPS) is 12.1. The molecular weight excluding hydrogens is 242 g/mol. The molecule has 0 saturated carbocycles. The summed E-state index contributed by atoms with van der Waals surface area (Å²) in [6.45, 7) is 1.22. The molecule has 1 heterocycles. The Bertz CT molecular complexity index is 364. The van der Waals surface area contributed by atoms with Gasteiger partial charge < -0.3 is 15.2 Å². The topological polar surface area (TPSA) is 75.6 Å². The fraction of sp³-hybridized carbons (Fsp3) is 0.455. The maximum Gasteiger partial charge on any atom is 0.329 e. The molecule has 5 nitrogen and oxygen atoms in total. The van der Waals surface area contributed by atoms with Crippen molar-refractivity contribution in [3.63, 3.8) is 0 Å². The van der Waals surface area contributed by atoms with Crippen LogP contribution in [-0.4, -0.2) is 36.2 Å². The number of carboxylic acids is 1. The molecule has 1 rings (SSSR count). The Morgan fingerprint density at radius 3 is 2.88 bits per heavy atom. The van der Waals surface area contributed by atoms with E-state index >= 15 is 0 Å². The molecule has 1 unspecified atom stereocenters. The quantitative estimate of drug-likeness (QED) is 0.761. The average molecular weight is 257 g/mol. The summed E-state index contributed by atoms with van der Waals surface area (Å²) in [5.74, 6) is -1.38. The molecule has 0 aliphatic carbocycles. The van der Waals surface area contributed by atoms with Gasteiger partial charge in [-0.25, -0.2) is 4.79 Å². The Kier molecular flexibility index (Phi) is 5.65. The second-order valence-corrected chi connectivity index (χ2v) is 4.67. The summed E-state index contributed by atoms with van der Waals surface area (Å²) in [5, 5.41) is 13.1. The third-order valence-corrected chi connectivity index (χ3v) is 2.85. The lowest BCUT2D eigenvalue weighted by Crippen LogP contribution is -2.36. The van der Waals surface area contributed by atoms with Crippen molar-refractivity contribution in [2.24, 2.45) is 0 Å². The third-order valence-electron chi connectivity index (χ3n) is 1.95. The van der Waals surface area contributed by atoms with Crippen molar-refractivity contribution in [2.45, 2.75) is 19.4 Å². The van der Waals surface area contributed by atoms with Crippen LogP contribution in [0.4, 0.5) is 0 Å². The Hall–Kier alpha value is -1.40. The van der Waals surface area contributed by atoms with E-state index in [1.54, 1.807) is 11.3 Å². The van der Waals surface area contributed by atoms with Crippen molar-refractivity contribution in [1.82, 2.24) is 5.32 Å². The minimum Gasteiger partial charge on any atom is -0.480 e. The average Bonchev–Trinajstić information content (AvgIpc) is 2.69. The fourth-order valence-corrected chi connectivity index (χ4v) is 2.16. The molecule has 0 bridgehead atoms. The summed E-state index contributed by atoms with van der Waals surface area (Å²) in [6, 6.07) is 3.98. The number of hydrogen-bond acceptors (Lipinski definition) is 4. The van der Waals surface area contributed by atoms with Gasteiger partial charge >= 0.3 is 5.97 Å². The van der Waals surface area contributed by atoms with Gasteiger partial charge in [-0.05, 0) is 18.4 Å². The number of hydrogen-bond donors (Lipinski definition) is 2. The number of carboxylic acid groups (broad SMARTS) is 1. The Morgan fingerprint density at radius 1 is 1.53 bits per heavy atom. The molecule has 0 saturated heterocycles. The van der Waals surface area contributed by atoms with Crippen LogP contribution in [0.2, 0.25) is 0 Å². The van der Waals surface area contributed by atoms with Crippen LogP contribution in [0.3, 0.4) is 0 Å². The summed E-state index contributed by atoms with van der Waals surface area (Å²) in [7, 11) is 0. The van der Waals surface area contributed by atoms with Crippen LogP contribution in [0, 0.1) is 0 Å². The van der Waals surface area contributed by atoms with Gasteiger partial charge in [-0.2, -0.15) is 0 Å². The minimum atomic E-state index is -1.08.